The molecule has 0 bridgehead atoms. The fraction of sp³-hybridized carbons (Fsp3) is 0.222. The van der Waals surface area contributed by atoms with Crippen LogP contribution in [0.2, 0.25) is 0 Å². The highest BCUT2D eigenvalue weighted by Gasteiger charge is 2.24. The Morgan fingerprint density at radius 1 is 1.50 bits per heavy atom. The lowest BCUT2D eigenvalue weighted by atomic mass is 10.1. The molecule has 1 unspecified atom stereocenters. The lowest BCUT2D eigenvalue weighted by Crippen LogP contribution is -2.12. The minimum Gasteiger partial charge on any atom is -0.439 e. The number of benzene rings is 1. The molecule has 0 radical (unpaired) electrons. The van der Waals surface area contributed by atoms with Gasteiger partial charge >= 0.3 is 6.09 Å². The number of hydrogen-bond acceptors (Lipinski definition) is 2. The van der Waals surface area contributed by atoms with E-state index in [9.17, 15) is 9.18 Å². The zero-order chi connectivity index (χ0) is 10.1. The van der Waals surface area contributed by atoms with Crippen molar-refractivity contribution in [2.75, 3.05) is 6.54 Å². The Balaban J connectivity index is 2.27. The van der Waals surface area contributed by atoms with Crippen molar-refractivity contribution < 1.29 is 13.9 Å². The summed E-state index contributed by atoms with van der Waals surface area (Å²) in [7, 11) is 0. The van der Waals surface area contributed by atoms with E-state index in [1.54, 1.807) is 6.07 Å². The number of carbonyl (C=O) groups excluding carboxylic acids is 1. The summed E-state index contributed by atoms with van der Waals surface area (Å²) in [5.74, 6) is -0.350. The van der Waals surface area contributed by atoms with Crippen molar-refractivity contribution in [3.63, 3.8) is 0 Å². The summed E-state index contributed by atoms with van der Waals surface area (Å²) in [6, 6.07) is 4.44. The highest BCUT2D eigenvalue weighted by Crippen LogP contribution is 2.24. The third-order valence-corrected chi connectivity index (χ3v) is 2.40. The van der Waals surface area contributed by atoms with E-state index in [0.717, 1.165) is 0 Å². The molecule has 14 heavy (non-hydrogen) atoms. The first kappa shape index (κ1) is 9.45. The molecular formula is C9H7BrFNO2. The van der Waals surface area contributed by atoms with E-state index in [1.807, 2.05) is 0 Å². The van der Waals surface area contributed by atoms with Crippen molar-refractivity contribution >= 4 is 22.0 Å². The molecular weight excluding hydrogens is 253 g/mol. The van der Waals surface area contributed by atoms with Crippen LogP contribution in [0.3, 0.4) is 0 Å². The molecule has 0 aliphatic carbocycles. The number of alkyl carbamates (subject to hydrolysis) is 1. The van der Waals surface area contributed by atoms with E-state index in [-0.39, 0.29) is 5.82 Å². The molecule has 2 rings (SSSR count). The highest BCUT2D eigenvalue weighted by molar-refractivity contribution is 9.10. The molecule has 1 aromatic rings. The van der Waals surface area contributed by atoms with E-state index in [4.69, 9.17) is 4.74 Å². The number of amides is 1. The minimum absolute atomic E-state index is 0.350. The summed E-state index contributed by atoms with van der Waals surface area (Å²) in [6.45, 7) is 0.384. The maximum absolute atomic E-state index is 13.0. The van der Waals surface area contributed by atoms with Gasteiger partial charge in [-0.2, -0.15) is 0 Å². The average molecular weight is 260 g/mol. The number of cyclic esters (lactones) is 1. The number of rotatable bonds is 1. The first-order chi connectivity index (χ1) is 6.65. The molecule has 1 aliphatic rings. The monoisotopic (exact) mass is 259 g/mol. The van der Waals surface area contributed by atoms with Crippen LogP contribution in [0.1, 0.15) is 11.7 Å². The van der Waals surface area contributed by atoms with Gasteiger partial charge < -0.3 is 10.1 Å². The largest absolute Gasteiger partial charge is 0.439 e. The molecule has 1 amide bonds. The number of carbonyl (C=O) groups is 1. The molecule has 0 spiro atoms. The van der Waals surface area contributed by atoms with E-state index >= 15 is 0 Å². The van der Waals surface area contributed by atoms with Gasteiger partial charge in [0.1, 0.15) is 11.9 Å². The van der Waals surface area contributed by atoms with Crippen molar-refractivity contribution in [3.8, 4) is 0 Å². The summed E-state index contributed by atoms with van der Waals surface area (Å²) in [6.07, 6.45) is -0.857. The Morgan fingerprint density at radius 2 is 2.29 bits per heavy atom. The number of nitrogens with one attached hydrogen (secondary N) is 1. The predicted molar refractivity (Wildman–Crippen MR) is 51.3 cm³/mol. The van der Waals surface area contributed by atoms with Crippen LogP contribution in [0.5, 0.6) is 0 Å². The van der Waals surface area contributed by atoms with Gasteiger partial charge in [-0.1, -0.05) is 15.9 Å². The van der Waals surface area contributed by atoms with E-state index in [2.05, 4.69) is 21.2 Å². The van der Waals surface area contributed by atoms with Gasteiger partial charge in [0.25, 0.3) is 0 Å². The molecule has 1 aromatic carbocycles. The van der Waals surface area contributed by atoms with Crippen LogP contribution < -0.4 is 5.32 Å². The Morgan fingerprint density at radius 3 is 2.86 bits per heavy atom. The van der Waals surface area contributed by atoms with Crippen molar-refractivity contribution in [3.05, 3.63) is 34.1 Å². The molecule has 1 heterocycles. The number of hydrogen-bond donors (Lipinski definition) is 1. The topological polar surface area (TPSA) is 38.3 Å². The molecule has 1 N–H and O–H groups in total. The zero-order valence-electron chi connectivity index (χ0n) is 7.09. The first-order valence-electron chi connectivity index (χ1n) is 4.05. The highest BCUT2D eigenvalue weighted by atomic mass is 79.9. The Hall–Kier alpha value is -1.10. The van der Waals surface area contributed by atoms with Gasteiger partial charge in [0.05, 0.1) is 6.54 Å². The second-order valence-electron chi connectivity index (χ2n) is 2.98. The van der Waals surface area contributed by atoms with Crippen LogP contribution >= 0.6 is 15.9 Å². The van der Waals surface area contributed by atoms with E-state index in [0.29, 0.717) is 16.6 Å². The van der Waals surface area contributed by atoms with Gasteiger partial charge in [-0.05, 0) is 23.8 Å². The molecule has 74 valence electrons. The van der Waals surface area contributed by atoms with Gasteiger partial charge in [-0.3, -0.25) is 0 Å². The third-order valence-electron chi connectivity index (χ3n) is 1.94. The van der Waals surface area contributed by atoms with Gasteiger partial charge in [-0.25, -0.2) is 9.18 Å². The normalized spacial score (nSPS) is 20.4. The number of halogens is 2. The lowest BCUT2D eigenvalue weighted by Gasteiger charge is -2.08. The summed E-state index contributed by atoms with van der Waals surface area (Å²) in [4.78, 5) is 10.8. The van der Waals surface area contributed by atoms with Gasteiger partial charge in [-0.15, -0.1) is 0 Å². The molecule has 1 atom stereocenters. The van der Waals surface area contributed by atoms with Crippen molar-refractivity contribution in [2.24, 2.45) is 0 Å². The molecule has 0 aromatic heterocycles. The van der Waals surface area contributed by atoms with Gasteiger partial charge in [0, 0.05) is 4.47 Å². The average Bonchev–Trinajstić information content (AvgIpc) is 2.50. The molecule has 1 fully saturated rings. The number of ether oxygens (including phenoxy) is 1. The van der Waals surface area contributed by atoms with Gasteiger partial charge in [0.2, 0.25) is 0 Å². The second-order valence-corrected chi connectivity index (χ2v) is 3.89. The lowest BCUT2D eigenvalue weighted by molar-refractivity contribution is 0.141. The quantitative estimate of drug-likeness (QED) is 0.841. The maximum Gasteiger partial charge on any atom is 0.407 e. The minimum atomic E-state index is -0.463. The Bertz CT molecular complexity index is 363. The maximum atomic E-state index is 13.0. The molecule has 1 aliphatic heterocycles. The van der Waals surface area contributed by atoms with Crippen molar-refractivity contribution in [1.82, 2.24) is 5.32 Å². The summed E-state index contributed by atoms with van der Waals surface area (Å²) < 4.78 is 18.5. The summed E-state index contributed by atoms with van der Waals surface area (Å²) in [5.41, 5.74) is 0.648. The van der Waals surface area contributed by atoms with Crippen LogP contribution in [0.15, 0.2) is 22.7 Å². The van der Waals surface area contributed by atoms with Crippen molar-refractivity contribution in [2.45, 2.75) is 6.10 Å². The van der Waals surface area contributed by atoms with Crippen LogP contribution in [-0.2, 0) is 4.74 Å². The zero-order valence-corrected chi connectivity index (χ0v) is 8.67. The molecule has 3 nitrogen and oxygen atoms in total. The third kappa shape index (κ3) is 1.87. The van der Waals surface area contributed by atoms with Crippen LogP contribution in [0.25, 0.3) is 0 Å². The Kier molecular flexibility index (Phi) is 2.41. The standard InChI is InChI=1S/C9H7BrFNO2/c10-6-1-5(2-7(11)3-6)8-4-12-9(13)14-8/h1-3,8H,4H2,(H,12,13). The van der Waals surface area contributed by atoms with E-state index < -0.39 is 12.2 Å². The first-order valence-corrected chi connectivity index (χ1v) is 4.85. The molecule has 1 saturated heterocycles. The van der Waals surface area contributed by atoms with Crippen LogP contribution in [0.4, 0.5) is 9.18 Å². The van der Waals surface area contributed by atoms with E-state index in [1.165, 1.54) is 12.1 Å². The molecule has 0 saturated carbocycles. The fourth-order valence-electron chi connectivity index (χ4n) is 1.34. The van der Waals surface area contributed by atoms with Gasteiger partial charge in [0.15, 0.2) is 0 Å². The second kappa shape index (κ2) is 3.57. The molecule has 5 heteroatoms. The summed E-state index contributed by atoms with van der Waals surface area (Å²) >= 11 is 3.17. The van der Waals surface area contributed by atoms with Crippen LogP contribution in [0, 0.1) is 5.82 Å². The Labute approximate surface area is 88.4 Å². The smallest absolute Gasteiger partial charge is 0.407 e. The summed E-state index contributed by atoms with van der Waals surface area (Å²) in [5, 5.41) is 2.51. The predicted octanol–water partition coefficient (Wildman–Crippen LogP) is 2.37. The SMILES string of the molecule is O=C1NCC(c2cc(F)cc(Br)c2)O1. The van der Waals surface area contributed by atoms with Crippen LogP contribution in [-0.4, -0.2) is 12.6 Å². The fourth-order valence-corrected chi connectivity index (χ4v) is 1.82. The van der Waals surface area contributed by atoms with Crippen molar-refractivity contribution in [1.29, 1.82) is 0 Å².